The van der Waals surface area contributed by atoms with Gasteiger partial charge in [0.05, 0.1) is 6.10 Å². The number of aliphatic hydroxyl groups excluding tert-OH is 1. The molecule has 0 aliphatic heterocycles. The van der Waals surface area contributed by atoms with E-state index in [1.165, 1.54) is 0 Å². The first-order valence-corrected chi connectivity index (χ1v) is 4.28. The molecule has 2 N–H and O–H groups in total. The van der Waals surface area contributed by atoms with Gasteiger partial charge < -0.3 is 10.2 Å². The van der Waals surface area contributed by atoms with Crippen LogP contribution in [0.15, 0.2) is 0 Å². The molecule has 0 aliphatic carbocycles. The summed E-state index contributed by atoms with van der Waals surface area (Å²) >= 11 is 0. The minimum Gasteiger partial charge on any atom is -0.481 e. The Morgan fingerprint density at radius 3 is 2.00 bits per heavy atom. The maximum Gasteiger partial charge on any atom is 0.310 e. The molecule has 0 saturated heterocycles. The average Bonchev–Trinajstić information content (AvgIpc) is 2.00. The quantitative estimate of drug-likeness (QED) is 0.622. The highest BCUT2D eigenvalue weighted by molar-refractivity contribution is 5.96. The summed E-state index contributed by atoms with van der Waals surface area (Å²) in [5.41, 5.74) is 0. The van der Waals surface area contributed by atoms with Crippen molar-refractivity contribution in [3.63, 3.8) is 0 Å². The fourth-order valence-corrected chi connectivity index (χ4v) is 1.08. The van der Waals surface area contributed by atoms with E-state index >= 15 is 0 Å². The molecule has 0 spiro atoms. The number of rotatable bonds is 5. The van der Waals surface area contributed by atoms with Gasteiger partial charge in [-0.15, -0.1) is 0 Å². The van der Waals surface area contributed by atoms with Gasteiger partial charge in [-0.25, -0.2) is 0 Å². The number of hydrogen-bond donors (Lipinski definition) is 2. The smallest absolute Gasteiger partial charge is 0.310 e. The van der Waals surface area contributed by atoms with Crippen molar-refractivity contribution in [1.82, 2.24) is 0 Å². The van der Waals surface area contributed by atoms with Crippen LogP contribution in [0.5, 0.6) is 0 Å². The molecule has 0 saturated carbocycles. The Bertz CT molecular complexity index is 198. The number of aliphatic carboxylic acids is 1. The second kappa shape index (κ2) is 4.97. The van der Waals surface area contributed by atoms with Gasteiger partial charge in [-0.3, -0.25) is 9.59 Å². The Balaban J connectivity index is 4.17. The summed E-state index contributed by atoms with van der Waals surface area (Å²) < 4.78 is 0. The van der Waals surface area contributed by atoms with Crippen LogP contribution in [-0.2, 0) is 9.59 Å². The third-order valence-electron chi connectivity index (χ3n) is 2.03. The largest absolute Gasteiger partial charge is 0.481 e. The summed E-state index contributed by atoms with van der Waals surface area (Å²) in [6.45, 7) is 5.13. The van der Waals surface area contributed by atoms with E-state index in [1.54, 1.807) is 20.8 Å². The van der Waals surface area contributed by atoms with Crippen molar-refractivity contribution >= 4 is 11.8 Å². The zero-order chi connectivity index (χ0) is 10.6. The molecule has 4 nitrogen and oxygen atoms in total. The predicted molar refractivity (Wildman–Crippen MR) is 47.3 cm³/mol. The number of hydrogen-bond acceptors (Lipinski definition) is 3. The number of ketones is 1. The molecular formula is C9H16O4. The minimum atomic E-state index is -1.15. The molecule has 0 radical (unpaired) electrons. The Morgan fingerprint density at radius 1 is 1.23 bits per heavy atom. The van der Waals surface area contributed by atoms with Crippen LogP contribution in [0, 0.1) is 11.8 Å². The fourth-order valence-electron chi connectivity index (χ4n) is 1.08. The molecule has 76 valence electrons. The van der Waals surface area contributed by atoms with E-state index < -0.39 is 30.2 Å². The van der Waals surface area contributed by atoms with Gasteiger partial charge in [-0.2, -0.15) is 0 Å². The predicted octanol–water partition coefficient (Wildman–Crippen LogP) is 0.683. The van der Waals surface area contributed by atoms with Crippen LogP contribution in [-0.4, -0.2) is 28.1 Å². The van der Waals surface area contributed by atoms with Gasteiger partial charge in [0.2, 0.25) is 0 Å². The lowest BCUT2D eigenvalue weighted by Crippen LogP contribution is -2.31. The van der Waals surface area contributed by atoms with E-state index in [-0.39, 0.29) is 5.92 Å². The van der Waals surface area contributed by atoms with E-state index in [0.717, 1.165) is 0 Å². The first-order valence-electron chi connectivity index (χ1n) is 4.28. The highest BCUT2D eigenvalue weighted by Crippen LogP contribution is 2.14. The van der Waals surface area contributed by atoms with Crippen LogP contribution >= 0.6 is 0 Å². The number of carboxylic acid groups (broad SMARTS) is 1. The Morgan fingerprint density at radius 2 is 1.69 bits per heavy atom. The highest BCUT2D eigenvalue weighted by atomic mass is 16.4. The molecule has 0 aromatic rings. The third kappa shape index (κ3) is 4.03. The van der Waals surface area contributed by atoms with Crippen molar-refractivity contribution in [2.45, 2.75) is 33.3 Å². The minimum absolute atomic E-state index is 0.0345. The van der Waals surface area contributed by atoms with Crippen LogP contribution in [0.2, 0.25) is 0 Å². The molecule has 0 bridgehead atoms. The number of aliphatic hydroxyl groups is 1. The first kappa shape index (κ1) is 12.1. The number of carboxylic acids is 1. The van der Waals surface area contributed by atoms with E-state index in [4.69, 9.17) is 5.11 Å². The maximum atomic E-state index is 11.2. The third-order valence-corrected chi connectivity index (χ3v) is 2.03. The van der Waals surface area contributed by atoms with Crippen LogP contribution < -0.4 is 0 Å². The van der Waals surface area contributed by atoms with Crippen LogP contribution in [0.4, 0.5) is 0 Å². The topological polar surface area (TPSA) is 74.6 Å². The lowest BCUT2D eigenvalue weighted by Gasteiger charge is -2.20. The van der Waals surface area contributed by atoms with Gasteiger partial charge in [0.25, 0.3) is 0 Å². The van der Waals surface area contributed by atoms with E-state index in [1.807, 2.05) is 0 Å². The van der Waals surface area contributed by atoms with E-state index in [9.17, 15) is 14.7 Å². The number of carbonyl (C=O) groups excluding carboxylic acids is 1. The van der Waals surface area contributed by atoms with Gasteiger partial charge in [0.15, 0.2) is 0 Å². The second-order valence-electron chi connectivity index (χ2n) is 3.56. The lowest BCUT2D eigenvalue weighted by atomic mass is 9.90. The number of Topliss-reactive ketones (excluding diaryl/α,β-unsaturated/α-hetero) is 1. The van der Waals surface area contributed by atoms with Crippen LogP contribution in [0.1, 0.15) is 27.2 Å². The van der Waals surface area contributed by atoms with Crippen molar-refractivity contribution in [1.29, 1.82) is 0 Å². The SMILES string of the molecule is CC(C)C(O)C(C)C(=O)CC(=O)O. The lowest BCUT2D eigenvalue weighted by molar-refractivity contribution is -0.142. The standard InChI is InChI=1S/C9H16O4/c1-5(2)9(13)6(3)7(10)4-8(11)12/h5-6,9,13H,4H2,1-3H3,(H,11,12). The molecule has 0 rings (SSSR count). The van der Waals surface area contributed by atoms with Gasteiger partial charge in [-0.05, 0) is 5.92 Å². The van der Waals surface area contributed by atoms with Crippen LogP contribution in [0.3, 0.4) is 0 Å². The fraction of sp³-hybridized carbons (Fsp3) is 0.778. The van der Waals surface area contributed by atoms with Crippen molar-refractivity contribution in [2.24, 2.45) is 11.8 Å². The van der Waals surface area contributed by atoms with Crippen LogP contribution in [0.25, 0.3) is 0 Å². The van der Waals surface area contributed by atoms with Gasteiger partial charge in [0.1, 0.15) is 12.2 Å². The summed E-state index contributed by atoms with van der Waals surface area (Å²) in [7, 11) is 0. The summed E-state index contributed by atoms with van der Waals surface area (Å²) in [5.74, 6) is -2.20. The summed E-state index contributed by atoms with van der Waals surface area (Å²) in [6, 6.07) is 0. The molecule has 2 unspecified atom stereocenters. The summed E-state index contributed by atoms with van der Waals surface area (Å²) in [4.78, 5) is 21.4. The average molecular weight is 188 g/mol. The Hall–Kier alpha value is -0.900. The van der Waals surface area contributed by atoms with Gasteiger partial charge >= 0.3 is 5.97 Å². The van der Waals surface area contributed by atoms with Gasteiger partial charge in [-0.1, -0.05) is 20.8 Å². The maximum absolute atomic E-state index is 11.2. The van der Waals surface area contributed by atoms with Crippen molar-refractivity contribution in [3.05, 3.63) is 0 Å². The molecule has 13 heavy (non-hydrogen) atoms. The molecule has 0 aliphatic rings. The molecule has 0 fully saturated rings. The Labute approximate surface area is 77.6 Å². The molecule has 2 atom stereocenters. The van der Waals surface area contributed by atoms with Crippen molar-refractivity contribution < 1.29 is 19.8 Å². The zero-order valence-corrected chi connectivity index (χ0v) is 8.15. The van der Waals surface area contributed by atoms with E-state index in [0.29, 0.717) is 0 Å². The Kier molecular flexibility index (Phi) is 4.62. The zero-order valence-electron chi connectivity index (χ0n) is 8.15. The van der Waals surface area contributed by atoms with Gasteiger partial charge in [0, 0.05) is 5.92 Å². The summed E-state index contributed by atoms with van der Waals surface area (Å²) in [5, 5.41) is 17.8. The van der Waals surface area contributed by atoms with E-state index in [2.05, 4.69) is 0 Å². The number of carbonyl (C=O) groups is 2. The molecular weight excluding hydrogens is 172 g/mol. The van der Waals surface area contributed by atoms with Crippen molar-refractivity contribution in [2.75, 3.05) is 0 Å². The summed E-state index contributed by atoms with van der Waals surface area (Å²) in [6.07, 6.45) is -1.27. The highest BCUT2D eigenvalue weighted by Gasteiger charge is 2.25. The first-order chi connectivity index (χ1) is 5.86. The van der Waals surface area contributed by atoms with Crippen molar-refractivity contribution in [3.8, 4) is 0 Å². The molecule has 0 aromatic heterocycles. The second-order valence-corrected chi connectivity index (χ2v) is 3.56. The molecule has 0 heterocycles. The molecule has 0 amide bonds. The molecule has 4 heteroatoms. The normalized spacial score (nSPS) is 15.5. The monoisotopic (exact) mass is 188 g/mol. The molecule has 0 aromatic carbocycles.